The summed E-state index contributed by atoms with van der Waals surface area (Å²) in [6.07, 6.45) is 3.93. The van der Waals surface area contributed by atoms with E-state index in [1.54, 1.807) is 22.8 Å². The average molecular weight is 462 g/mol. The number of para-hydroxylation sites is 1. The predicted molar refractivity (Wildman–Crippen MR) is 127 cm³/mol. The molecular formula is C25H27N5O4. The van der Waals surface area contributed by atoms with Crippen LogP contribution in [0, 0.1) is 0 Å². The van der Waals surface area contributed by atoms with Crippen LogP contribution in [0.15, 0.2) is 54.6 Å². The third-order valence-electron chi connectivity index (χ3n) is 6.20. The summed E-state index contributed by atoms with van der Waals surface area (Å²) in [5.74, 6) is 1.23. The van der Waals surface area contributed by atoms with E-state index in [-0.39, 0.29) is 0 Å². The zero-order valence-electron chi connectivity index (χ0n) is 19.1. The van der Waals surface area contributed by atoms with Gasteiger partial charge in [0.25, 0.3) is 0 Å². The van der Waals surface area contributed by atoms with Gasteiger partial charge in [0.2, 0.25) is 0 Å². The van der Waals surface area contributed by atoms with Crippen molar-refractivity contribution in [3.05, 3.63) is 65.9 Å². The zero-order chi connectivity index (χ0) is 23.5. The molecule has 2 aromatic carbocycles. The number of hydrogen-bond acceptors (Lipinski definition) is 5. The minimum Gasteiger partial charge on any atom is -0.497 e. The average Bonchev–Trinajstić information content (AvgIpc) is 3.62. The third kappa shape index (κ3) is 4.16. The van der Waals surface area contributed by atoms with E-state index >= 15 is 0 Å². The summed E-state index contributed by atoms with van der Waals surface area (Å²) in [4.78, 5) is 34.3. The summed E-state index contributed by atoms with van der Waals surface area (Å²) in [5, 5.41) is 4.84. The Morgan fingerprint density at radius 2 is 1.79 bits per heavy atom. The number of carbonyl (C=O) groups is 2. The smallest absolute Gasteiger partial charge is 0.434 e. The van der Waals surface area contributed by atoms with E-state index in [1.807, 2.05) is 48.5 Å². The van der Waals surface area contributed by atoms with Gasteiger partial charge in [-0.1, -0.05) is 24.3 Å². The number of carbonyl (C=O) groups excluding carboxylic acids is 2. The van der Waals surface area contributed by atoms with E-state index in [9.17, 15) is 9.59 Å². The minimum atomic E-state index is -0.590. The predicted octanol–water partition coefficient (Wildman–Crippen LogP) is 4.36. The fourth-order valence-corrected chi connectivity index (χ4v) is 4.54. The molecule has 1 aliphatic carbocycles. The van der Waals surface area contributed by atoms with Gasteiger partial charge in [-0.15, -0.1) is 0 Å². The monoisotopic (exact) mass is 461 g/mol. The van der Waals surface area contributed by atoms with Gasteiger partial charge < -0.3 is 14.5 Å². The zero-order valence-corrected chi connectivity index (χ0v) is 19.1. The standard InChI is InChI=1S/C25H27N5O4/c1-33-20-12-7-11-19(17-20)29(24(31)27-34-25(32)28-15-5-6-16-28)23-21-13-8-14-22(21)26-30(23)18-9-3-2-4-10-18/h2-4,7,9-12,17H,5-6,8,13-16H2,1H3,(H,27,31). The summed E-state index contributed by atoms with van der Waals surface area (Å²) in [6, 6.07) is 16.3. The van der Waals surface area contributed by atoms with Crippen LogP contribution in [-0.2, 0) is 17.7 Å². The molecule has 1 aromatic heterocycles. The van der Waals surface area contributed by atoms with Crippen LogP contribution in [0.1, 0.15) is 30.5 Å². The molecule has 0 bridgehead atoms. The Hall–Kier alpha value is -4.01. The third-order valence-corrected chi connectivity index (χ3v) is 6.20. The topological polar surface area (TPSA) is 88.9 Å². The second kappa shape index (κ2) is 9.46. The molecule has 1 fully saturated rings. The highest BCUT2D eigenvalue weighted by Crippen LogP contribution is 2.38. The summed E-state index contributed by atoms with van der Waals surface area (Å²) >= 11 is 0. The van der Waals surface area contributed by atoms with Crippen molar-refractivity contribution >= 4 is 23.6 Å². The number of nitrogens with zero attached hydrogens (tertiary/aromatic N) is 4. The van der Waals surface area contributed by atoms with Crippen LogP contribution in [-0.4, -0.2) is 47.0 Å². The van der Waals surface area contributed by atoms with Crippen LogP contribution in [0.2, 0.25) is 0 Å². The van der Waals surface area contributed by atoms with E-state index < -0.39 is 12.1 Å². The van der Waals surface area contributed by atoms with Crippen LogP contribution in [0.25, 0.3) is 5.69 Å². The molecule has 1 saturated heterocycles. The quantitative estimate of drug-likeness (QED) is 0.583. The number of likely N-dealkylation sites (tertiary alicyclic amines) is 1. The number of hydroxylamine groups is 1. The highest BCUT2D eigenvalue weighted by Gasteiger charge is 2.32. The molecule has 1 aliphatic heterocycles. The molecule has 176 valence electrons. The second-order valence-corrected chi connectivity index (χ2v) is 8.36. The first-order valence-electron chi connectivity index (χ1n) is 11.5. The molecule has 3 amide bonds. The highest BCUT2D eigenvalue weighted by molar-refractivity contribution is 6.00. The molecule has 9 heteroatoms. The van der Waals surface area contributed by atoms with Crippen molar-refractivity contribution in [2.45, 2.75) is 32.1 Å². The van der Waals surface area contributed by atoms with Gasteiger partial charge in [-0.05, 0) is 56.4 Å². The van der Waals surface area contributed by atoms with Crippen LogP contribution in [0.5, 0.6) is 5.75 Å². The summed E-state index contributed by atoms with van der Waals surface area (Å²) < 4.78 is 7.19. The number of urea groups is 1. The number of aryl methyl sites for hydroxylation is 1. The van der Waals surface area contributed by atoms with Gasteiger partial charge in [0.15, 0.2) is 0 Å². The van der Waals surface area contributed by atoms with Crippen molar-refractivity contribution in [2.24, 2.45) is 0 Å². The first-order valence-corrected chi connectivity index (χ1v) is 11.5. The highest BCUT2D eigenvalue weighted by atomic mass is 16.7. The van der Waals surface area contributed by atoms with Crippen molar-refractivity contribution in [2.75, 3.05) is 25.1 Å². The van der Waals surface area contributed by atoms with Crippen molar-refractivity contribution in [3.63, 3.8) is 0 Å². The van der Waals surface area contributed by atoms with Crippen LogP contribution in [0.4, 0.5) is 21.1 Å². The Morgan fingerprint density at radius 3 is 2.56 bits per heavy atom. The Morgan fingerprint density at radius 1 is 1.00 bits per heavy atom. The molecule has 1 N–H and O–H groups in total. The summed E-state index contributed by atoms with van der Waals surface area (Å²) in [7, 11) is 1.58. The van der Waals surface area contributed by atoms with E-state index in [2.05, 4.69) is 5.48 Å². The number of hydrogen-bond donors (Lipinski definition) is 1. The maximum Gasteiger partial charge on any atom is 0.434 e. The molecule has 2 aliphatic rings. The fourth-order valence-electron chi connectivity index (χ4n) is 4.54. The molecule has 9 nitrogen and oxygen atoms in total. The number of rotatable bonds is 4. The molecule has 2 heterocycles. The van der Waals surface area contributed by atoms with Crippen LogP contribution in [0.3, 0.4) is 0 Å². The molecule has 0 radical (unpaired) electrons. The normalized spacial score (nSPS) is 14.6. The lowest BCUT2D eigenvalue weighted by Gasteiger charge is -2.25. The maximum atomic E-state index is 13.6. The molecule has 0 saturated carbocycles. The number of fused-ring (bicyclic) bond motifs is 1. The van der Waals surface area contributed by atoms with Gasteiger partial charge in [-0.25, -0.2) is 19.2 Å². The van der Waals surface area contributed by atoms with Crippen molar-refractivity contribution in [1.29, 1.82) is 0 Å². The lowest BCUT2D eigenvalue weighted by Crippen LogP contribution is -2.42. The molecule has 0 unspecified atom stereocenters. The summed E-state index contributed by atoms with van der Waals surface area (Å²) in [6.45, 7) is 1.26. The lowest BCUT2D eigenvalue weighted by atomic mass is 10.2. The van der Waals surface area contributed by atoms with Crippen molar-refractivity contribution < 1.29 is 19.2 Å². The maximum absolute atomic E-state index is 13.6. The molecule has 0 spiro atoms. The number of anilines is 2. The fraction of sp³-hybridized carbons (Fsp3) is 0.320. The number of amides is 3. The Labute approximate surface area is 197 Å². The van der Waals surface area contributed by atoms with Gasteiger partial charge in [0.05, 0.1) is 24.2 Å². The first-order chi connectivity index (χ1) is 16.7. The summed E-state index contributed by atoms with van der Waals surface area (Å²) in [5.41, 5.74) is 5.75. The van der Waals surface area contributed by atoms with Gasteiger partial charge in [-0.2, -0.15) is 10.6 Å². The van der Waals surface area contributed by atoms with E-state index in [0.29, 0.717) is 30.3 Å². The number of aromatic nitrogens is 2. The van der Waals surface area contributed by atoms with Gasteiger partial charge in [0.1, 0.15) is 11.6 Å². The molecule has 0 atom stereocenters. The largest absolute Gasteiger partial charge is 0.497 e. The Balaban J connectivity index is 1.55. The van der Waals surface area contributed by atoms with Gasteiger partial charge in [-0.3, -0.25) is 0 Å². The molecule has 5 rings (SSSR count). The first kappa shape index (κ1) is 21.8. The van der Waals surface area contributed by atoms with Crippen LogP contribution >= 0.6 is 0 Å². The van der Waals surface area contributed by atoms with E-state index in [0.717, 1.165) is 49.0 Å². The second-order valence-electron chi connectivity index (χ2n) is 8.36. The Kier molecular flexibility index (Phi) is 6.07. The van der Waals surface area contributed by atoms with Crippen molar-refractivity contribution in [3.8, 4) is 11.4 Å². The number of benzene rings is 2. The number of ether oxygens (including phenoxy) is 1. The van der Waals surface area contributed by atoms with E-state index in [1.165, 1.54) is 4.90 Å². The lowest BCUT2D eigenvalue weighted by molar-refractivity contribution is 0.0744. The molecule has 34 heavy (non-hydrogen) atoms. The number of methoxy groups -OCH3 is 1. The minimum absolute atomic E-state index is 0.557. The SMILES string of the molecule is COc1cccc(N(C(=O)NOC(=O)N2CCCC2)c2c3c(nn2-c2ccccc2)CCC3)c1. The molecular weight excluding hydrogens is 434 g/mol. The van der Waals surface area contributed by atoms with Gasteiger partial charge >= 0.3 is 12.1 Å². The Bertz CT molecular complexity index is 1190. The number of nitrogens with one attached hydrogen (secondary N) is 1. The van der Waals surface area contributed by atoms with Crippen molar-refractivity contribution in [1.82, 2.24) is 20.2 Å². The van der Waals surface area contributed by atoms with Gasteiger partial charge in [0, 0.05) is 24.7 Å². The molecule has 3 aromatic rings. The van der Waals surface area contributed by atoms with E-state index in [4.69, 9.17) is 14.7 Å². The van der Waals surface area contributed by atoms with Crippen LogP contribution < -0.4 is 15.1 Å².